The van der Waals surface area contributed by atoms with Gasteiger partial charge in [-0.05, 0) is 32.1 Å². The standard InChI is InChI=1S/C14H18ClN3O3S/c1-16-5-2-6-17(8-7-16)14(19)10-22-13-4-3-11(15)9-12(13)18(20)21/h3-4,9H,2,5-8,10H2,1H3. The fraction of sp³-hybridized carbons (Fsp3) is 0.500. The second-order valence-electron chi connectivity index (χ2n) is 5.20. The van der Waals surface area contributed by atoms with E-state index in [1.165, 1.54) is 17.8 Å². The van der Waals surface area contributed by atoms with Gasteiger partial charge in [-0.25, -0.2) is 0 Å². The number of halogens is 1. The van der Waals surface area contributed by atoms with Gasteiger partial charge in [-0.3, -0.25) is 14.9 Å². The summed E-state index contributed by atoms with van der Waals surface area (Å²) < 4.78 is 0. The van der Waals surface area contributed by atoms with Crippen molar-refractivity contribution < 1.29 is 9.72 Å². The fourth-order valence-electron chi connectivity index (χ4n) is 2.28. The third-order valence-corrected chi connectivity index (χ3v) is 4.82. The first-order valence-corrected chi connectivity index (χ1v) is 8.37. The highest BCUT2D eigenvalue weighted by Gasteiger charge is 2.20. The number of amides is 1. The predicted octanol–water partition coefficient (Wildman–Crippen LogP) is 2.50. The zero-order chi connectivity index (χ0) is 16.1. The number of hydrogen-bond acceptors (Lipinski definition) is 5. The minimum atomic E-state index is -0.473. The first-order valence-electron chi connectivity index (χ1n) is 7.00. The number of benzene rings is 1. The molecule has 0 spiro atoms. The van der Waals surface area contributed by atoms with Crippen molar-refractivity contribution in [3.8, 4) is 0 Å². The van der Waals surface area contributed by atoms with Crippen LogP contribution in [0, 0.1) is 10.1 Å². The first-order chi connectivity index (χ1) is 10.5. The van der Waals surface area contributed by atoms with E-state index < -0.39 is 4.92 Å². The summed E-state index contributed by atoms with van der Waals surface area (Å²) in [5.41, 5.74) is -0.0547. The lowest BCUT2D eigenvalue weighted by Crippen LogP contribution is -2.35. The van der Waals surface area contributed by atoms with E-state index in [1.54, 1.807) is 12.1 Å². The van der Waals surface area contributed by atoms with Gasteiger partial charge in [0.15, 0.2) is 0 Å². The smallest absolute Gasteiger partial charge is 0.284 e. The molecule has 0 N–H and O–H groups in total. The fourth-order valence-corrected chi connectivity index (χ4v) is 3.36. The van der Waals surface area contributed by atoms with Crippen LogP contribution in [0.4, 0.5) is 5.69 Å². The van der Waals surface area contributed by atoms with Crippen molar-refractivity contribution in [1.29, 1.82) is 0 Å². The molecule has 2 rings (SSSR count). The Morgan fingerprint density at radius 3 is 2.86 bits per heavy atom. The van der Waals surface area contributed by atoms with E-state index in [-0.39, 0.29) is 17.3 Å². The number of carbonyl (C=O) groups excluding carboxylic acids is 1. The molecule has 0 saturated carbocycles. The molecule has 1 fully saturated rings. The molecule has 0 atom stereocenters. The molecular weight excluding hydrogens is 326 g/mol. The lowest BCUT2D eigenvalue weighted by atomic mass is 10.3. The summed E-state index contributed by atoms with van der Waals surface area (Å²) in [5.74, 6) is 0.219. The highest BCUT2D eigenvalue weighted by molar-refractivity contribution is 8.00. The van der Waals surface area contributed by atoms with Crippen molar-refractivity contribution in [1.82, 2.24) is 9.80 Å². The van der Waals surface area contributed by atoms with Crippen LogP contribution < -0.4 is 0 Å². The van der Waals surface area contributed by atoms with E-state index >= 15 is 0 Å². The van der Waals surface area contributed by atoms with E-state index in [1.807, 2.05) is 11.9 Å². The van der Waals surface area contributed by atoms with Gasteiger partial charge in [0.1, 0.15) is 0 Å². The SMILES string of the molecule is CN1CCCN(C(=O)CSc2ccc(Cl)cc2[N+](=O)[O-])CC1. The number of rotatable bonds is 4. The Morgan fingerprint density at radius 1 is 1.36 bits per heavy atom. The van der Waals surface area contributed by atoms with Crippen molar-refractivity contribution in [2.24, 2.45) is 0 Å². The maximum absolute atomic E-state index is 12.3. The Hall–Kier alpha value is -1.31. The van der Waals surface area contributed by atoms with Crippen LogP contribution in [-0.4, -0.2) is 59.6 Å². The van der Waals surface area contributed by atoms with Crippen LogP contribution in [0.15, 0.2) is 23.1 Å². The molecule has 1 aliphatic rings. The summed E-state index contributed by atoms with van der Waals surface area (Å²) in [7, 11) is 2.04. The van der Waals surface area contributed by atoms with Crippen molar-refractivity contribution >= 4 is 35.0 Å². The number of nitro groups is 1. The zero-order valence-corrected chi connectivity index (χ0v) is 13.9. The summed E-state index contributed by atoms with van der Waals surface area (Å²) in [6.45, 7) is 3.29. The van der Waals surface area contributed by atoms with Crippen LogP contribution in [0.1, 0.15) is 6.42 Å². The van der Waals surface area contributed by atoms with Crippen LogP contribution in [-0.2, 0) is 4.79 Å². The molecule has 1 saturated heterocycles. The summed E-state index contributed by atoms with van der Waals surface area (Å²) in [6.07, 6.45) is 0.952. The molecule has 22 heavy (non-hydrogen) atoms. The lowest BCUT2D eigenvalue weighted by Gasteiger charge is -2.20. The van der Waals surface area contributed by atoms with Gasteiger partial charge in [-0.15, -0.1) is 11.8 Å². The van der Waals surface area contributed by atoms with E-state index in [9.17, 15) is 14.9 Å². The maximum Gasteiger partial charge on any atom is 0.284 e. The molecule has 8 heteroatoms. The average Bonchev–Trinajstić information content (AvgIpc) is 2.70. The third-order valence-electron chi connectivity index (χ3n) is 3.54. The Kier molecular flexibility index (Phi) is 6.05. The van der Waals surface area contributed by atoms with Crippen molar-refractivity contribution in [3.05, 3.63) is 33.3 Å². The van der Waals surface area contributed by atoms with Crippen LogP contribution >= 0.6 is 23.4 Å². The van der Waals surface area contributed by atoms with Gasteiger partial charge in [-0.1, -0.05) is 11.6 Å². The Bertz CT molecular complexity index is 570. The quantitative estimate of drug-likeness (QED) is 0.477. The number of thioether (sulfide) groups is 1. The number of hydrogen-bond donors (Lipinski definition) is 0. The monoisotopic (exact) mass is 343 g/mol. The van der Waals surface area contributed by atoms with Gasteiger partial charge in [0.2, 0.25) is 5.91 Å². The molecule has 0 unspecified atom stereocenters. The highest BCUT2D eigenvalue weighted by Crippen LogP contribution is 2.31. The van der Waals surface area contributed by atoms with Crippen LogP contribution in [0.25, 0.3) is 0 Å². The van der Waals surface area contributed by atoms with Gasteiger partial charge >= 0.3 is 0 Å². The van der Waals surface area contributed by atoms with Gasteiger partial charge in [0, 0.05) is 30.7 Å². The van der Waals surface area contributed by atoms with E-state index in [2.05, 4.69) is 4.90 Å². The Labute approximate surface area is 138 Å². The van der Waals surface area contributed by atoms with E-state index in [0.29, 0.717) is 16.5 Å². The normalized spacial score (nSPS) is 16.4. The van der Waals surface area contributed by atoms with Gasteiger partial charge < -0.3 is 9.80 Å². The summed E-state index contributed by atoms with van der Waals surface area (Å²) in [5, 5.41) is 11.4. The maximum atomic E-state index is 12.3. The van der Waals surface area contributed by atoms with E-state index in [0.717, 1.165) is 26.1 Å². The average molecular weight is 344 g/mol. The molecule has 0 aromatic heterocycles. The number of likely N-dealkylation sites (N-methyl/N-ethyl adjacent to an activating group) is 1. The number of nitrogens with zero attached hydrogens (tertiary/aromatic N) is 3. The number of nitro benzene ring substituents is 1. The Morgan fingerprint density at radius 2 is 2.14 bits per heavy atom. The predicted molar refractivity (Wildman–Crippen MR) is 87.5 cm³/mol. The van der Waals surface area contributed by atoms with Gasteiger partial charge in [0.25, 0.3) is 5.69 Å². The summed E-state index contributed by atoms with van der Waals surface area (Å²) in [4.78, 5) is 27.3. The van der Waals surface area contributed by atoms with Crippen molar-refractivity contribution in [3.63, 3.8) is 0 Å². The third kappa shape index (κ3) is 4.59. The summed E-state index contributed by atoms with van der Waals surface area (Å²) in [6, 6.07) is 4.51. The van der Waals surface area contributed by atoms with E-state index in [4.69, 9.17) is 11.6 Å². The minimum absolute atomic E-state index is 0.0181. The first kappa shape index (κ1) is 17.1. The minimum Gasteiger partial charge on any atom is -0.341 e. The molecule has 0 aliphatic carbocycles. The summed E-state index contributed by atoms with van der Waals surface area (Å²) >= 11 is 6.97. The molecular formula is C14H18ClN3O3S. The molecule has 1 heterocycles. The zero-order valence-electron chi connectivity index (χ0n) is 12.3. The molecule has 0 bridgehead atoms. The van der Waals surface area contributed by atoms with Crippen molar-refractivity contribution in [2.45, 2.75) is 11.3 Å². The van der Waals surface area contributed by atoms with Crippen molar-refractivity contribution in [2.75, 3.05) is 39.0 Å². The number of carbonyl (C=O) groups is 1. The Balaban J connectivity index is 1.97. The second-order valence-corrected chi connectivity index (χ2v) is 6.65. The molecule has 1 aromatic rings. The second kappa shape index (κ2) is 7.80. The molecule has 1 aromatic carbocycles. The van der Waals surface area contributed by atoms with Crippen LogP contribution in [0.2, 0.25) is 5.02 Å². The lowest BCUT2D eigenvalue weighted by molar-refractivity contribution is -0.387. The molecule has 1 aliphatic heterocycles. The molecule has 120 valence electrons. The molecule has 1 amide bonds. The van der Waals surface area contributed by atoms with Crippen LogP contribution in [0.5, 0.6) is 0 Å². The topological polar surface area (TPSA) is 66.7 Å². The highest BCUT2D eigenvalue weighted by atomic mass is 35.5. The van der Waals surface area contributed by atoms with Gasteiger partial charge in [0.05, 0.1) is 15.6 Å². The molecule has 6 nitrogen and oxygen atoms in total. The van der Waals surface area contributed by atoms with Gasteiger partial charge in [-0.2, -0.15) is 0 Å². The largest absolute Gasteiger partial charge is 0.341 e. The molecule has 0 radical (unpaired) electrons. The van der Waals surface area contributed by atoms with Crippen LogP contribution in [0.3, 0.4) is 0 Å².